The lowest BCUT2D eigenvalue weighted by Gasteiger charge is -2.17. The Bertz CT molecular complexity index is 653. The number of sulfonamides is 1. The summed E-state index contributed by atoms with van der Waals surface area (Å²) < 4.78 is 43.4. The first-order valence-corrected chi connectivity index (χ1v) is 7.70. The van der Waals surface area contributed by atoms with Crippen LogP contribution >= 0.6 is 27.5 Å². The van der Waals surface area contributed by atoms with Gasteiger partial charge < -0.3 is 10.5 Å². The lowest BCUT2D eigenvalue weighted by molar-refractivity contribution is -0.140. The van der Waals surface area contributed by atoms with E-state index < -0.39 is 38.9 Å². The van der Waals surface area contributed by atoms with Gasteiger partial charge in [0, 0.05) is 7.05 Å². The molecule has 0 saturated heterocycles. The molecule has 0 radical (unpaired) electrons. The average molecular weight is 390 g/mol. The molecule has 0 fully saturated rings. The van der Waals surface area contributed by atoms with Crippen LogP contribution < -0.4 is 5.73 Å². The van der Waals surface area contributed by atoms with E-state index in [4.69, 9.17) is 17.3 Å². The average Bonchev–Trinajstić information content (AvgIpc) is 2.39. The second-order valence-electron chi connectivity index (χ2n) is 3.74. The van der Waals surface area contributed by atoms with Gasteiger partial charge in [-0.05, 0) is 22.0 Å². The molecule has 0 amide bonds. The van der Waals surface area contributed by atoms with E-state index in [0.717, 1.165) is 20.2 Å². The predicted octanol–water partition coefficient (Wildman–Crippen LogP) is 1.62. The first kappa shape index (κ1) is 17.2. The molecule has 0 unspecified atom stereocenters. The summed E-state index contributed by atoms with van der Waals surface area (Å²) in [5.74, 6) is -1.93. The second-order valence-corrected chi connectivity index (χ2v) is 6.95. The Morgan fingerprint density at radius 1 is 1.60 bits per heavy atom. The molecule has 112 valence electrons. The van der Waals surface area contributed by atoms with Crippen molar-refractivity contribution in [2.24, 2.45) is 0 Å². The fraction of sp³-hybridized carbons (Fsp3) is 0.300. The molecule has 20 heavy (non-hydrogen) atoms. The van der Waals surface area contributed by atoms with Gasteiger partial charge in [0.2, 0.25) is 10.0 Å². The summed E-state index contributed by atoms with van der Waals surface area (Å²) >= 11 is 8.71. The summed E-state index contributed by atoms with van der Waals surface area (Å²) in [5, 5.41) is -0.0612. The van der Waals surface area contributed by atoms with Crippen molar-refractivity contribution in [2.75, 3.05) is 26.4 Å². The fourth-order valence-electron chi connectivity index (χ4n) is 1.29. The van der Waals surface area contributed by atoms with Crippen LogP contribution in [0.1, 0.15) is 0 Å². The number of carbonyl (C=O) groups excluding carboxylic acids is 1. The smallest absolute Gasteiger partial charge is 0.321 e. The molecular formula is C10H11BrClFN2O4S. The number of ether oxygens (including phenoxy) is 1. The van der Waals surface area contributed by atoms with Crippen molar-refractivity contribution in [2.45, 2.75) is 4.90 Å². The number of likely N-dealkylation sites (N-methyl/N-ethyl adjacent to an activating group) is 1. The molecule has 0 saturated carbocycles. The maximum absolute atomic E-state index is 14.0. The second kappa shape index (κ2) is 6.25. The maximum Gasteiger partial charge on any atom is 0.321 e. The minimum absolute atomic E-state index is 0.0612. The summed E-state index contributed by atoms with van der Waals surface area (Å²) in [6, 6.07) is 0.917. The summed E-state index contributed by atoms with van der Waals surface area (Å²) in [6.45, 7) is -0.564. The highest BCUT2D eigenvalue weighted by Gasteiger charge is 2.29. The summed E-state index contributed by atoms with van der Waals surface area (Å²) in [5.41, 5.74) is 5.00. The lowest BCUT2D eigenvalue weighted by atomic mass is 10.3. The van der Waals surface area contributed by atoms with Gasteiger partial charge in [0.15, 0.2) is 5.82 Å². The van der Waals surface area contributed by atoms with Crippen molar-refractivity contribution in [1.29, 1.82) is 0 Å². The van der Waals surface area contributed by atoms with Crippen LogP contribution in [0.2, 0.25) is 5.02 Å². The third-order valence-corrected chi connectivity index (χ3v) is 5.61. The number of nitrogens with zero attached hydrogens (tertiary/aromatic N) is 1. The number of carbonyl (C=O) groups is 1. The Hall–Kier alpha value is -0.900. The molecule has 1 aromatic rings. The lowest BCUT2D eigenvalue weighted by Crippen LogP contribution is -2.33. The van der Waals surface area contributed by atoms with E-state index in [1.165, 1.54) is 0 Å². The Balaban J connectivity index is 3.33. The zero-order chi connectivity index (χ0) is 15.7. The van der Waals surface area contributed by atoms with Crippen molar-refractivity contribution in [3.05, 3.63) is 21.4 Å². The van der Waals surface area contributed by atoms with Crippen molar-refractivity contribution in [1.82, 2.24) is 4.31 Å². The fourth-order valence-corrected chi connectivity index (χ4v) is 3.06. The van der Waals surface area contributed by atoms with Crippen molar-refractivity contribution in [3.8, 4) is 0 Å². The zero-order valence-electron chi connectivity index (χ0n) is 10.5. The number of nitrogens with two attached hydrogens (primary N) is 1. The van der Waals surface area contributed by atoms with Gasteiger partial charge in [0.25, 0.3) is 0 Å². The van der Waals surface area contributed by atoms with E-state index in [-0.39, 0.29) is 9.50 Å². The summed E-state index contributed by atoms with van der Waals surface area (Å²) in [6.07, 6.45) is 0. The molecule has 1 rings (SSSR count). The standard InChI is InChI=1S/C10H11BrClFN2O4S/c1-15(4-7(16)19-2)20(17,18)6-3-5(12)8(11)10(14)9(6)13/h3H,4,14H2,1-2H3. The van der Waals surface area contributed by atoms with Crippen molar-refractivity contribution in [3.63, 3.8) is 0 Å². The molecule has 6 nitrogen and oxygen atoms in total. The molecule has 0 bridgehead atoms. The van der Waals surface area contributed by atoms with Gasteiger partial charge in [-0.25, -0.2) is 12.8 Å². The molecule has 1 aromatic carbocycles. The monoisotopic (exact) mass is 388 g/mol. The number of methoxy groups -OCH3 is 1. The summed E-state index contributed by atoms with van der Waals surface area (Å²) in [4.78, 5) is 10.4. The molecule has 0 heterocycles. The van der Waals surface area contributed by atoms with E-state index >= 15 is 0 Å². The molecule has 0 aliphatic heterocycles. The first-order chi connectivity index (χ1) is 9.12. The van der Waals surface area contributed by atoms with E-state index in [2.05, 4.69) is 20.7 Å². The topological polar surface area (TPSA) is 89.7 Å². The predicted molar refractivity (Wildman–Crippen MR) is 75.4 cm³/mol. The Kier molecular flexibility index (Phi) is 5.36. The number of benzene rings is 1. The highest BCUT2D eigenvalue weighted by Crippen LogP contribution is 2.35. The van der Waals surface area contributed by atoms with Crippen LogP contribution in [0, 0.1) is 5.82 Å². The number of hydrogen-bond acceptors (Lipinski definition) is 5. The van der Waals surface area contributed by atoms with E-state index in [1.807, 2.05) is 0 Å². The quantitative estimate of drug-likeness (QED) is 0.480. The van der Waals surface area contributed by atoms with Crippen LogP contribution in [0.3, 0.4) is 0 Å². The molecule has 0 atom stereocenters. The van der Waals surface area contributed by atoms with E-state index in [1.54, 1.807) is 0 Å². The molecule has 0 aliphatic rings. The van der Waals surface area contributed by atoms with Crippen molar-refractivity contribution >= 4 is 49.2 Å². The van der Waals surface area contributed by atoms with Gasteiger partial charge in [0.1, 0.15) is 11.4 Å². The normalized spacial score (nSPS) is 11.7. The molecule has 2 N–H and O–H groups in total. The Morgan fingerprint density at radius 2 is 2.15 bits per heavy atom. The Labute approximate surface area is 128 Å². The minimum Gasteiger partial charge on any atom is -0.468 e. The molecule has 0 aliphatic carbocycles. The van der Waals surface area contributed by atoms with E-state index in [9.17, 15) is 17.6 Å². The highest BCUT2D eigenvalue weighted by molar-refractivity contribution is 9.10. The number of hydrogen-bond donors (Lipinski definition) is 1. The largest absolute Gasteiger partial charge is 0.468 e. The van der Waals surface area contributed by atoms with Crippen LogP contribution in [-0.2, 0) is 19.6 Å². The summed E-state index contributed by atoms with van der Waals surface area (Å²) in [7, 11) is -2.05. The van der Waals surface area contributed by atoms with Crippen LogP contribution in [0.15, 0.2) is 15.4 Å². The number of rotatable bonds is 4. The molecule has 0 spiro atoms. The van der Waals surface area contributed by atoms with Gasteiger partial charge in [-0.1, -0.05) is 11.6 Å². The van der Waals surface area contributed by atoms with Gasteiger partial charge in [-0.2, -0.15) is 4.31 Å². The van der Waals surface area contributed by atoms with Crippen LogP contribution in [0.5, 0.6) is 0 Å². The number of anilines is 1. The third kappa shape index (κ3) is 3.22. The SMILES string of the molecule is COC(=O)CN(C)S(=O)(=O)c1cc(Cl)c(Br)c(N)c1F. The van der Waals surface area contributed by atoms with Gasteiger partial charge in [0.05, 0.1) is 22.3 Å². The zero-order valence-corrected chi connectivity index (χ0v) is 13.6. The number of nitrogen functional groups attached to an aromatic ring is 1. The number of esters is 1. The van der Waals surface area contributed by atoms with Crippen LogP contribution in [-0.4, -0.2) is 39.4 Å². The first-order valence-electron chi connectivity index (χ1n) is 5.09. The highest BCUT2D eigenvalue weighted by atomic mass is 79.9. The number of halogens is 3. The van der Waals surface area contributed by atoms with Gasteiger partial charge in [-0.15, -0.1) is 0 Å². The molecule has 0 aromatic heterocycles. The third-order valence-electron chi connectivity index (χ3n) is 2.42. The maximum atomic E-state index is 14.0. The van der Waals surface area contributed by atoms with Crippen LogP contribution in [0.4, 0.5) is 10.1 Å². The van der Waals surface area contributed by atoms with Crippen molar-refractivity contribution < 1.29 is 22.3 Å². The minimum atomic E-state index is -4.26. The molecule has 10 heteroatoms. The van der Waals surface area contributed by atoms with E-state index in [0.29, 0.717) is 4.31 Å². The van der Waals surface area contributed by atoms with Crippen LogP contribution in [0.25, 0.3) is 0 Å². The molecular weight excluding hydrogens is 379 g/mol. The van der Waals surface area contributed by atoms with Gasteiger partial charge >= 0.3 is 5.97 Å². The van der Waals surface area contributed by atoms with Gasteiger partial charge in [-0.3, -0.25) is 4.79 Å². The Morgan fingerprint density at radius 3 is 2.65 bits per heavy atom.